The van der Waals surface area contributed by atoms with Crippen LogP contribution in [-0.4, -0.2) is 29.2 Å². The molecule has 0 amide bonds. The van der Waals surface area contributed by atoms with Crippen LogP contribution in [0.25, 0.3) is 0 Å². The molecule has 1 N–H and O–H groups in total. The Morgan fingerprint density at radius 2 is 2.06 bits per heavy atom. The fourth-order valence-electron chi connectivity index (χ4n) is 1.97. The summed E-state index contributed by atoms with van der Waals surface area (Å²) in [5.74, 6) is -0.218. The molecule has 1 saturated heterocycles. The number of hydrogen-bond acceptors (Lipinski definition) is 2. The first kappa shape index (κ1) is 12.0. The lowest BCUT2D eigenvalue weighted by Gasteiger charge is -2.29. The molecule has 0 saturated carbocycles. The van der Waals surface area contributed by atoms with E-state index < -0.39 is 0 Å². The minimum atomic E-state index is -0.218. The van der Waals surface area contributed by atoms with E-state index in [4.69, 9.17) is 0 Å². The summed E-state index contributed by atoms with van der Waals surface area (Å²) >= 11 is 3.37. The van der Waals surface area contributed by atoms with Gasteiger partial charge >= 0.3 is 0 Å². The molecule has 0 radical (unpaired) electrons. The minimum absolute atomic E-state index is 0.145. The Hall–Kier alpha value is -0.450. The second kappa shape index (κ2) is 5.25. The summed E-state index contributed by atoms with van der Waals surface area (Å²) in [5, 5.41) is 9.40. The zero-order valence-corrected chi connectivity index (χ0v) is 10.6. The monoisotopic (exact) mass is 287 g/mol. The number of aliphatic hydroxyl groups is 1. The fraction of sp³-hybridized carbons (Fsp3) is 0.500. The van der Waals surface area contributed by atoms with Crippen molar-refractivity contribution in [1.29, 1.82) is 0 Å². The Bertz CT molecular complexity index is 364. The molecule has 1 fully saturated rings. The molecule has 88 valence electrons. The Balaban J connectivity index is 1.98. The normalized spacial score (nSPS) is 18.9. The van der Waals surface area contributed by atoms with Crippen LogP contribution in [0, 0.1) is 5.82 Å². The van der Waals surface area contributed by atoms with Crippen LogP contribution in [0.4, 0.5) is 4.39 Å². The van der Waals surface area contributed by atoms with Gasteiger partial charge in [0.1, 0.15) is 5.82 Å². The van der Waals surface area contributed by atoms with Gasteiger partial charge < -0.3 is 5.11 Å². The molecule has 0 aliphatic carbocycles. The van der Waals surface area contributed by atoms with Crippen LogP contribution >= 0.6 is 15.9 Å². The average molecular weight is 288 g/mol. The summed E-state index contributed by atoms with van der Waals surface area (Å²) in [6.45, 7) is 2.63. The second-order valence-electron chi connectivity index (χ2n) is 4.24. The van der Waals surface area contributed by atoms with Crippen molar-refractivity contribution in [1.82, 2.24) is 4.90 Å². The third kappa shape index (κ3) is 3.03. The predicted molar refractivity (Wildman–Crippen MR) is 64.6 cm³/mol. The van der Waals surface area contributed by atoms with E-state index in [1.807, 2.05) is 6.07 Å². The summed E-state index contributed by atoms with van der Waals surface area (Å²) in [6, 6.07) is 4.79. The molecule has 1 aromatic carbocycles. The maximum absolute atomic E-state index is 12.9. The molecule has 4 heteroatoms. The van der Waals surface area contributed by atoms with Gasteiger partial charge in [-0.2, -0.15) is 0 Å². The summed E-state index contributed by atoms with van der Waals surface area (Å²) < 4.78 is 13.7. The van der Waals surface area contributed by atoms with E-state index in [-0.39, 0.29) is 11.9 Å². The van der Waals surface area contributed by atoms with Crippen molar-refractivity contribution in [2.45, 2.75) is 25.5 Å². The number of hydrogen-bond donors (Lipinski definition) is 1. The number of nitrogens with zero attached hydrogens (tertiary/aromatic N) is 1. The highest BCUT2D eigenvalue weighted by atomic mass is 79.9. The molecule has 0 aromatic heterocycles. The van der Waals surface area contributed by atoms with Crippen LogP contribution in [-0.2, 0) is 6.54 Å². The van der Waals surface area contributed by atoms with E-state index in [0.717, 1.165) is 42.5 Å². The highest BCUT2D eigenvalue weighted by Crippen LogP contribution is 2.21. The van der Waals surface area contributed by atoms with Crippen molar-refractivity contribution < 1.29 is 9.50 Å². The zero-order valence-electron chi connectivity index (χ0n) is 9.00. The molecule has 0 atom stereocenters. The van der Waals surface area contributed by atoms with Crippen molar-refractivity contribution in [2.75, 3.05) is 13.1 Å². The van der Waals surface area contributed by atoms with Gasteiger partial charge in [-0.05, 0) is 30.5 Å². The number of piperidine rings is 1. The summed E-state index contributed by atoms with van der Waals surface area (Å²) in [7, 11) is 0. The lowest BCUT2D eigenvalue weighted by atomic mass is 10.1. The second-order valence-corrected chi connectivity index (χ2v) is 5.10. The summed E-state index contributed by atoms with van der Waals surface area (Å²) in [4.78, 5) is 2.28. The van der Waals surface area contributed by atoms with Gasteiger partial charge in [0, 0.05) is 24.1 Å². The van der Waals surface area contributed by atoms with Crippen LogP contribution < -0.4 is 0 Å². The first-order valence-electron chi connectivity index (χ1n) is 5.49. The smallest absolute Gasteiger partial charge is 0.124 e. The van der Waals surface area contributed by atoms with Crippen LogP contribution in [0.2, 0.25) is 0 Å². The van der Waals surface area contributed by atoms with Gasteiger partial charge in [-0.3, -0.25) is 4.90 Å². The predicted octanol–water partition coefficient (Wildman–Crippen LogP) is 2.54. The largest absolute Gasteiger partial charge is 0.393 e. The molecule has 2 rings (SSSR count). The first-order valence-corrected chi connectivity index (χ1v) is 6.29. The number of halogens is 2. The Kier molecular flexibility index (Phi) is 3.95. The van der Waals surface area contributed by atoms with Gasteiger partial charge in [0.25, 0.3) is 0 Å². The fourth-order valence-corrected chi connectivity index (χ4v) is 2.44. The van der Waals surface area contributed by atoms with E-state index >= 15 is 0 Å². The molecule has 1 aliphatic rings. The number of likely N-dealkylation sites (tertiary alicyclic amines) is 1. The number of aliphatic hydroxyl groups excluding tert-OH is 1. The maximum Gasteiger partial charge on any atom is 0.124 e. The Morgan fingerprint density at radius 1 is 1.38 bits per heavy atom. The lowest BCUT2D eigenvalue weighted by molar-refractivity contribution is 0.0791. The third-order valence-electron chi connectivity index (χ3n) is 2.97. The van der Waals surface area contributed by atoms with Gasteiger partial charge in [0.2, 0.25) is 0 Å². The van der Waals surface area contributed by atoms with Crippen LogP contribution in [0.5, 0.6) is 0 Å². The molecule has 1 heterocycles. The van der Waals surface area contributed by atoms with Crippen molar-refractivity contribution in [3.05, 3.63) is 34.1 Å². The van der Waals surface area contributed by atoms with Crippen molar-refractivity contribution >= 4 is 15.9 Å². The number of benzene rings is 1. The van der Waals surface area contributed by atoms with Crippen LogP contribution in [0.3, 0.4) is 0 Å². The van der Waals surface area contributed by atoms with Crippen molar-refractivity contribution in [3.8, 4) is 0 Å². The molecular formula is C12H15BrFNO. The van der Waals surface area contributed by atoms with E-state index in [9.17, 15) is 9.50 Å². The summed E-state index contributed by atoms with van der Waals surface area (Å²) in [5.41, 5.74) is 1.10. The van der Waals surface area contributed by atoms with Crippen molar-refractivity contribution in [2.24, 2.45) is 0 Å². The highest BCUT2D eigenvalue weighted by Gasteiger charge is 2.17. The van der Waals surface area contributed by atoms with E-state index in [1.54, 1.807) is 0 Å². The lowest BCUT2D eigenvalue weighted by Crippen LogP contribution is -2.35. The number of rotatable bonds is 2. The minimum Gasteiger partial charge on any atom is -0.393 e. The topological polar surface area (TPSA) is 23.5 Å². The average Bonchev–Trinajstić information content (AvgIpc) is 2.25. The van der Waals surface area contributed by atoms with E-state index in [0.29, 0.717) is 0 Å². The standard InChI is InChI=1S/C12H15BrFNO/c13-12-7-10(14)2-1-9(12)8-15-5-3-11(16)4-6-15/h1-2,7,11,16H,3-6,8H2. The molecule has 0 bridgehead atoms. The van der Waals surface area contributed by atoms with Crippen LogP contribution in [0.15, 0.2) is 22.7 Å². The van der Waals surface area contributed by atoms with Crippen LogP contribution in [0.1, 0.15) is 18.4 Å². The molecule has 1 aromatic rings. The first-order chi connectivity index (χ1) is 7.65. The molecule has 2 nitrogen and oxygen atoms in total. The van der Waals surface area contributed by atoms with Gasteiger partial charge in [0.05, 0.1) is 6.10 Å². The van der Waals surface area contributed by atoms with Gasteiger partial charge in [-0.1, -0.05) is 22.0 Å². The summed E-state index contributed by atoms with van der Waals surface area (Å²) in [6.07, 6.45) is 1.52. The molecule has 0 unspecified atom stereocenters. The quantitative estimate of drug-likeness (QED) is 0.904. The van der Waals surface area contributed by atoms with E-state index in [1.165, 1.54) is 12.1 Å². The van der Waals surface area contributed by atoms with Gasteiger partial charge in [0.15, 0.2) is 0 Å². The zero-order chi connectivity index (χ0) is 11.5. The molecular weight excluding hydrogens is 273 g/mol. The van der Waals surface area contributed by atoms with Gasteiger partial charge in [-0.25, -0.2) is 4.39 Å². The SMILES string of the molecule is OC1CCN(Cc2ccc(F)cc2Br)CC1. The van der Waals surface area contributed by atoms with Gasteiger partial charge in [-0.15, -0.1) is 0 Å². The third-order valence-corrected chi connectivity index (χ3v) is 3.70. The Labute approximate surface area is 103 Å². The molecule has 0 spiro atoms. The maximum atomic E-state index is 12.9. The molecule has 16 heavy (non-hydrogen) atoms. The Morgan fingerprint density at radius 3 is 2.69 bits per heavy atom. The highest BCUT2D eigenvalue weighted by molar-refractivity contribution is 9.10. The van der Waals surface area contributed by atoms with Crippen molar-refractivity contribution in [3.63, 3.8) is 0 Å². The van der Waals surface area contributed by atoms with E-state index in [2.05, 4.69) is 20.8 Å². The molecule has 1 aliphatic heterocycles.